The Hall–Kier alpha value is -2.66. The fourth-order valence-corrected chi connectivity index (χ4v) is 4.10. The molecule has 1 amide bonds. The Labute approximate surface area is 158 Å². The number of hydrogen-bond donors (Lipinski definition) is 1. The highest BCUT2D eigenvalue weighted by Gasteiger charge is 2.44. The standard InChI is InChI=1S/C22H23FN2O2/c1-15(17-4-2-3-5-19(17)23)21(26)25-10-8-22(9-11-25)14-27-20-7-6-16(13-24)12-18(20)22/h2-7,12H,1,8-11,13-14,24H2. The zero-order valence-electron chi connectivity index (χ0n) is 15.2. The normalized spacial score (nSPS) is 17.5. The van der Waals surface area contributed by atoms with Crippen LogP contribution in [0.1, 0.15) is 29.5 Å². The number of ether oxygens (including phenoxy) is 1. The first-order valence-electron chi connectivity index (χ1n) is 9.23. The van der Waals surface area contributed by atoms with Crippen LogP contribution in [0.15, 0.2) is 49.0 Å². The quantitative estimate of drug-likeness (QED) is 0.849. The average molecular weight is 366 g/mol. The molecular formula is C22H23FN2O2. The number of nitrogens with two attached hydrogens (primary N) is 1. The molecule has 4 nitrogen and oxygen atoms in total. The second-order valence-corrected chi connectivity index (χ2v) is 7.35. The van der Waals surface area contributed by atoms with E-state index in [9.17, 15) is 9.18 Å². The predicted molar refractivity (Wildman–Crippen MR) is 103 cm³/mol. The number of fused-ring (bicyclic) bond motifs is 2. The molecule has 5 heteroatoms. The van der Waals surface area contributed by atoms with Gasteiger partial charge in [-0.15, -0.1) is 0 Å². The van der Waals surface area contributed by atoms with Crippen LogP contribution in [0.25, 0.3) is 5.57 Å². The van der Waals surface area contributed by atoms with Crippen molar-refractivity contribution in [3.63, 3.8) is 0 Å². The SMILES string of the molecule is C=C(C(=O)N1CCC2(CC1)COc1ccc(CN)cc12)c1ccccc1F. The van der Waals surface area contributed by atoms with Crippen molar-refractivity contribution in [2.45, 2.75) is 24.8 Å². The molecule has 140 valence electrons. The summed E-state index contributed by atoms with van der Waals surface area (Å²) in [6.07, 6.45) is 1.62. The van der Waals surface area contributed by atoms with Crippen LogP contribution in [0, 0.1) is 5.82 Å². The van der Waals surface area contributed by atoms with E-state index in [-0.39, 0.29) is 22.5 Å². The van der Waals surface area contributed by atoms with Gasteiger partial charge in [0.15, 0.2) is 0 Å². The van der Waals surface area contributed by atoms with Crippen molar-refractivity contribution < 1.29 is 13.9 Å². The molecule has 2 aliphatic rings. The van der Waals surface area contributed by atoms with E-state index in [2.05, 4.69) is 12.6 Å². The van der Waals surface area contributed by atoms with Crippen molar-refractivity contribution in [2.75, 3.05) is 19.7 Å². The maximum Gasteiger partial charge on any atom is 0.253 e. The number of hydrogen-bond acceptors (Lipinski definition) is 3. The molecule has 2 aromatic rings. The summed E-state index contributed by atoms with van der Waals surface area (Å²) in [4.78, 5) is 14.6. The van der Waals surface area contributed by atoms with Gasteiger partial charge in [0.1, 0.15) is 11.6 Å². The summed E-state index contributed by atoms with van der Waals surface area (Å²) in [5.41, 5.74) is 8.48. The minimum absolute atomic E-state index is 0.0728. The first-order valence-corrected chi connectivity index (χ1v) is 9.23. The lowest BCUT2D eigenvalue weighted by Crippen LogP contribution is -2.46. The summed E-state index contributed by atoms with van der Waals surface area (Å²) in [6, 6.07) is 12.4. The number of halogens is 1. The van der Waals surface area contributed by atoms with E-state index < -0.39 is 5.82 Å². The molecule has 0 atom stereocenters. The maximum atomic E-state index is 14.0. The summed E-state index contributed by atoms with van der Waals surface area (Å²) >= 11 is 0. The van der Waals surface area contributed by atoms with Gasteiger partial charge in [0, 0.05) is 41.7 Å². The molecule has 0 aliphatic carbocycles. The predicted octanol–water partition coefficient (Wildman–Crippen LogP) is 3.25. The Morgan fingerprint density at radius 2 is 1.96 bits per heavy atom. The summed E-state index contributed by atoms with van der Waals surface area (Å²) < 4.78 is 19.9. The minimum Gasteiger partial charge on any atom is -0.492 e. The highest BCUT2D eigenvalue weighted by Crippen LogP contribution is 2.46. The lowest BCUT2D eigenvalue weighted by Gasteiger charge is -2.39. The van der Waals surface area contributed by atoms with Crippen LogP contribution >= 0.6 is 0 Å². The molecule has 27 heavy (non-hydrogen) atoms. The van der Waals surface area contributed by atoms with Crippen LogP contribution in [0.2, 0.25) is 0 Å². The number of piperidine rings is 1. The largest absolute Gasteiger partial charge is 0.492 e. The van der Waals surface area contributed by atoms with Crippen molar-refractivity contribution >= 4 is 11.5 Å². The molecule has 0 aromatic heterocycles. The second-order valence-electron chi connectivity index (χ2n) is 7.35. The Balaban J connectivity index is 1.50. The van der Waals surface area contributed by atoms with E-state index in [4.69, 9.17) is 10.5 Å². The van der Waals surface area contributed by atoms with Crippen molar-refractivity contribution in [3.8, 4) is 5.75 Å². The topological polar surface area (TPSA) is 55.6 Å². The van der Waals surface area contributed by atoms with Gasteiger partial charge >= 0.3 is 0 Å². The zero-order chi connectivity index (χ0) is 19.0. The molecule has 0 unspecified atom stereocenters. The van der Waals surface area contributed by atoms with Crippen molar-refractivity contribution in [2.24, 2.45) is 5.73 Å². The maximum absolute atomic E-state index is 14.0. The van der Waals surface area contributed by atoms with Gasteiger partial charge in [-0.1, -0.05) is 36.9 Å². The van der Waals surface area contributed by atoms with Crippen LogP contribution in [0.3, 0.4) is 0 Å². The van der Waals surface area contributed by atoms with E-state index in [0.717, 1.165) is 24.2 Å². The van der Waals surface area contributed by atoms with Gasteiger partial charge in [0.25, 0.3) is 5.91 Å². The molecular weight excluding hydrogens is 343 g/mol. The fourth-order valence-electron chi connectivity index (χ4n) is 4.10. The van der Waals surface area contributed by atoms with Crippen molar-refractivity contribution in [1.29, 1.82) is 0 Å². The molecule has 0 bridgehead atoms. The van der Waals surface area contributed by atoms with Crippen LogP contribution < -0.4 is 10.5 Å². The first-order chi connectivity index (χ1) is 13.0. The molecule has 1 saturated heterocycles. The van der Waals surface area contributed by atoms with E-state index in [1.54, 1.807) is 23.1 Å². The molecule has 0 saturated carbocycles. The van der Waals surface area contributed by atoms with Gasteiger partial charge in [0.05, 0.1) is 6.61 Å². The average Bonchev–Trinajstić information content (AvgIpc) is 3.05. The molecule has 0 radical (unpaired) electrons. The Kier molecular flexibility index (Phi) is 4.48. The third kappa shape index (κ3) is 3.02. The number of amides is 1. The van der Waals surface area contributed by atoms with Crippen molar-refractivity contribution in [3.05, 3.63) is 71.6 Å². The highest BCUT2D eigenvalue weighted by molar-refractivity contribution is 6.18. The van der Waals surface area contributed by atoms with Gasteiger partial charge in [0.2, 0.25) is 0 Å². The number of carbonyl (C=O) groups excluding carboxylic acids is 1. The van der Waals surface area contributed by atoms with Gasteiger partial charge < -0.3 is 15.4 Å². The van der Waals surface area contributed by atoms with Crippen LogP contribution in [-0.4, -0.2) is 30.5 Å². The third-order valence-corrected chi connectivity index (χ3v) is 5.82. The molecule has 2 heterocycles. The Morgan fingerprint density at radius 3 is 2.67 bits per heavy atom. The number of carbonyl (C=O) groups is 1. The number of likely N-dealkylation sites (tertiary alicyclic amines) is 1. The van der Waals surface area contributed by atoms with Crippen LogP contribution in [0.5, 0.6) is 5.75 Å². The lowest BCUT2D eigenvalue weighted by molar-refractivity contribution is -0.126. The number of benzene rings is 2. The van der Waals surface area contributed by atoms with Crippen LogP contribution in [-0.2, 0) is 16.8 Å². The van der Waals surface area contributed by atoms with Gasteiger partial charge in [-0.2, -0.15) is 0 Å². The third-order valence-electron chi connectivity index (χ3n) is 5.82. The zero-order valence-corrected chi connectivity index (χ0v) is 15.2. The summed E-state index contributed by atoms with van der Waals surface area (Å²) in [5.74, 6) is 0.296. The second kappa shape index (κ2) is 6.82. The fraction of sp³-hybridized carbons (Fsp3) is 0.318. The first kappa shape index (κ1) is 17.7. The molecule has 1 fully saturated rings. The lowest BCUT2D eigenvalue weighted by atomic mass is 9.74. The highest BCUT2D eigenvalue weighted by atomic mass is 19.1. The summed E-state index contributed by atoms with van der Waals surface area (Å²) in [7, 11) is 0. The van der Waals surface area contributed by atoms with Gasteiger partial charge in [-0.25, -0.2) is 4.39 Å². The Bertz CT molecular complexity index is 901. The smallest absolute Gasteiger partial charge is 0.253 e. The van der Waals surface area contributed by atoms with Gasteiger partial charge in [-0.05, 0) is 30.5 Å². The summed E-state index contributed by atoms with van der Waals surface area (Å²) in [6.45, 7) is 6.17. The monoisotopic (exact) mass is 366 g/mol. The van der Waals surface area contributed by atoms with E-state index >= 15 is 0 Å². The molecule has 2 aliphatic heterocycles. The molecule has 1 spiro atoms. The molecule has 2 N–H and O–H groups in total. The van der Waals surface area contributed by atoms with E-state index in [1.165, 1.54) is 11.6 Å². The van der Waals surface area contributed by atoms with Crippen LogP contribution in [0.4, 0.5) is 4.39 Å². The van der Waals surface area contributed by atoms with Crippen molar-refractivity contribution in [1.82, 2.24) is 4.90 Å². The molecule has 2 aromatic carbocycles. The van der Waals surface area contributed by atoms with Gasteiger partial charge in [-0.3, -0.25) is 4.79 Å². The Morgan fingerprint density at radius 1 is 1.22 bits per heavy atom. The number of rotatable bonds is 3. The molecule has 4 rings (SSSR count). The minimum atomic E-state index is -0.420. The van der Waals surface area contributed by atoms with E-state index in [0.29, 0.717) is 26.2 Å². The van der Waals surface area contributed by atoms with E-state index in [1.807, 2.05) is 12.1 Å². The summed E-state index contributed by atoms with van der Waals surface area (Å²) in [5, 5.41) is 0. The number of nitrogens with zero attached hydrogens (tertiary/aromatic N) is 1.